The van der Waals surface area contributed by atoms with Gasteiger partial charge in [0.25, 0.3) is 0 Å². The van der Waals surface area contributed by atoms with Gasteiger partial charge in [-0.2, -0.15) is 0 Å². The van der Waals surface area contributed by atoms with Crippen molar-refractivity contribution in [2.75, 3.05) is 39.6 Å². The van der Waals surface area contributed by atoms with Crippen molar-refractivity contribution >= 4 is 17.4 Å². The van der Waals surface area contributed by atoms with Gasteiger partial charge >= 0.3 is 17.4 Å². The van der Waals surface area contributed by atoms with Crippen LogP contribution in [0, 0.1) is 0 Å². The predicted molar refractivity (Wildman–Crippen MR) is 247 cm³/mol. The summed E-state index contributed by atoms with van der Waals surface area (Å²) in [6.07, 6.45) is 9.65. The Labute approximate surface area is 397 Å². The number of ether oxygens (including phenoxy) is 6. The molecule has 0 aliphatic carbocycles. The van der Waals surface area contributed by atoms with Crippen LogP contribution in [0.5, 0.6) is 0 Å². The van der Waals surface area contributed by atoms with Crippen molar-refractivity contribution in [2.24, 2.45) is 0 Å². The molecule has 0 aromatic heterocycles. The zero-order chi connectivity index (χ0) is 46.7. The van der Waals surface area contributed by atoms with Crippen molar-refractivity contribution < 1.29 is 58.9 Å². The van der Waals surface area contributed by atoms with Crippen molar-refractivity contribution in [3.8, 4) is 0 Å². The van der Waals surface area contributed by atoms with Gasteiger partial charge in [0, 0.05) is 39.6 Å². The van der Waals surface area contributed by atoms with E-state index in [2.05, 4.69) is 56.2 Å². The first-order valence-electron chi connectivity index (χ1n) is 23.3. The van der Waals surface area contributed by atoms with E-state index < -0.39 is 35.7 Å². The molecule has 64 heavy (non-hydrogen) atoms. The second kappa shape index (κ2) is 37.8. The monoisotopic (exact) mass is 913 g/mol. The van der Waals surface area contributed by atoms with Crippen molar-refractivity contribution in [3.63, 3.8) is 0 Å². The molecule has 3 atom stereocenters. The maximum Gasteiger partial charge on any atom is 3.00 e. The number of hydrogen-bond acceptors (Lipinski definition) is 12. The van der Waals surface area contributed by atoms with Gasteiger partial charge in [-0.1, -0.05) is 171 Å². The largest absolute Gasteiger partial charge is 3.00 e. The fourth-order valence-corrected chi connectivity index (χ4v) is 6.08. The fraction of sp³-hybridized carbons (Fsp3) is 0.647. The molecule has 0 saturated carbocycles. The maximum atomic E-state index is 11.4. The molecule has 3 aromatic carbocycles. The van der Waals surface area contributed by atoms with E-state index in [1.807, 2.05) is 91.0 Å². The summed E-state index contributed by atoms with van der Waals surface area (Å²) in [5.74, 6) is 0. The molecule has 3 unspecified atom stereocenters. The van der Waals surface area contributed by atoms with Gasteiger partial charge in [-0.3, -0.25) is 0 Å². The van der Waals surface area contributed by atoms with Crippen molar-refractivity contribution in [2.45, 2.75) is 175 Å². The van der Waals surface area contributed by atoms with Gasteiger partial charge in [-0.05, 0) is 76.0 Å². The van der Waals surface area contributed by atoms with Crippen LogP contribution < -0.4 is 15.8 Å². The summed E-state index contributed by atoms with van der Waals surface area (Å²) < 4.78 is 34.8. The average Bonchev–Trinajstić information content (AvgIpc) is 3.33. The van der Waals surface area contributed by atoms with E-state index in [1.54, 1.807) is 20.8 Å². The zero-order valence-electron chi connectivity index (χ0n) is 40.6. The van der Waals surface area contributed by atoms with Crippen LogP contribution in [0.1, 0.15) is 156 Å². The van der Waals surface area contributed by atoms with Crippen LogP contribution in [0.3, 0.4) is 0 Å². The van der Waals surface area contributed by atoms with E-state index >= 15 is 0 Å². The Hall–Kier alpha value is -2.29. The summed E-state index contributed by atoms with van der Waals surface area (Å²) in [7, 11) is 0. The summed E-state index contributed by atoms with van der Waals surface area (Å²) in [5, 5.41) is 34.2. The molecule has 13 heteroatoms. The van der Waals surface area contributed by atoms with Crippen LogP contribution >= 0.6 is 0 Å². The Balaban J connectivity index is 0.000000923. The first-order valence-corrected chi connectivity index (χ1v) is 23.3. The molecule has 0 aliphatic heterocycles. The third kappa shape index (κ3) is 22.0. The van der Waals surface area contributed by atoms with Crippen molar-refractivity contribution in [1.82, 2.24) is 0 Å². The predicted octanol–water partition coefficient (Wildman–Crippen LogP) is 9.08. The molecular weight excluding hydrogens is 832 g/mol. The number of unbranched alkanes of at least 4 members (excludes halogenated alkanes) is 6. The quantitative estimate of drug-likeness (QED) is 0.0188. The van der Waals surface area contributed by atoms with E-state index in [4.69, 9.17) is 28.4 Å². The average molecular weight is 913 g/mol. The molecule has 0 radical (unpaired) electrons. The second-order valence-electron chi connectivity index (χ2n) is 16.0. The third-order valence-electron chi connectivity index (χ3n) is 10.5. The second-order valence-corrected chi connectivity index (χ2v) is 16.0. The molecule has 3 aromatic rings. The van der Waals surface area contributed by atoms with Crippen LogP contribution in [0.4, 0.5) is 0 Å². The molecule has 0 saturated heterocycles. The standard InChI is InChI=1S/3C17H28O4.Al/c3*1-4-6-13-19-16(20-14-7-5-2)17(3,21-18)15-11-9-8-10-12-15;/h3*8-12,16,18H,4-7,13-14H2,1-3H3;/q;;;+3/p-3. The van der Waals surface area contributed by atoms with E-state index in [9.17, 15) is 15.8 Å². The third-order valence-corrected chi connectivity index (χ3v) is 10.5. The van der Waals surface area contributed by atoms with Crippen LogP contribution in [-0.4, -0.2) is 75.9 Å². The molecule has 0 heterocycles. The Kier molecular flexibility index (Phi) is 36.4. The maximum absolute atomic E-state index is 11.4. The van der Waals surface area contributed by atoms with Gasteiger partial charge in [-0.25, -0.2) is 0 Å². The Morgan fingerprint density at radius 2 is 0.516 bits per heavy atom. The molecule has 360 valence electrons. The van der Waals surface area contributed by atoms with E-state index in [0.29, 0.717) is 39.6 Å². The number of hydrogen-bond donors (Lipinski definition) is 0. The van der Waals surface area contributed by atoms with Crippen LogP contribution in [0.15, 0.2) is 91.0 Å². The van der Waals surface area contributed by atoms with Gasteiger partial charge in [0.1, 0.15) is 16.8 Å². The molecule has 0 amide bonds. The SMILES string of the molecule is CCCCOC(OCCCC)C(C)(O[O-])c1ccccc1.CCCCOC(OCCCC)C(C)(O[O-])c1ccccc1.CCCCOC(OCCCC)C(C)(O[O-])c1ccccc1.[Al+3]. The molecule has 0 aliphatic rings. The van der Waals surface area contributed by atoms with Gasteiger partial charge in [0.15, 0.2) is 18.9 Å². The first-order chi connectivity index (χ1) is 30.6. The molecule has 3 rings (SSSR count). The molecule has 0 N–H and O–H groups in total. The van der Waals surface area contributed by atoms with Crippen molar-refractivity contribution in [1.29, 1.82) is 0 Å². The van der Waals surface area contributed by atoms with Crippen molar-refractivity contribution in [3.05, 3.63) is 108 Å². The van der Waals surface area contributed by atoms with E-state index in [1.165, 1.54) is 0 Å². The number of rotatable bonds is 33. The molecule has 12 nitrogen and oxygen atoms in total. The van der Waals surface area contributed by atoms with Gasteiger partial charge in [0.05, 0.1) is 0 Å². The minimum Gasteiger partial charge on any atom is -0.722 e. The molecule has 0 spiro atoms. The first kappa shape index (κ1) is 61.7. The zero-order valence-corrected chi connectivity index (χ0v) is 41.8. The molecule has 0 fully saturated rings. The van der Waals surface area contributed by atoms with Crippen LogP contribution in [0.25, 0.3) is 0 Å². The Bertz CT molecular complexity index is 1260. The summed E-state index contributed by atoms with van der Waals surface area (Å²) in [6, 6.07) is 28.1. The van der Waals surface area contributed by atoms with Gasteiger partial charge in [-0.15, -0.1) is 0 Å². The fourth-order valence-electron chi connectivity index (χ4n) is 6.08. The van der Waals surface area contributed by atoms with Crippen LogP contribution in [0.2, 0.25) is 0 Å². The smallest absolute Gasteiger partial charge is 0.722 e. The van der Waals surface area contributed by atoms with E-state index in [0.717, 1.165) is 93.7 Å². The summed E-state index contributed by atoms with van der Waals surface area (Å²) >= 11 is 0. The Morgan fingerprint density at radius 1 is 0.344 bits per heavy atom. The van der Waals surface area contributed by atoms with E-state index in [-0.39, 0.29) is 17.4 Å². The number of benzene rings is 3. The molecular formula is C51H81AlO12. The topological polar surface area (TPSA) is 152 Å². The van der Waals surface area contributed by atoms with Gasteiger partial charge in [0.2, 0.25) is 0 Å². The summed E-state index contributed by atoms with van der Waals surface area (Å²) in [6.45, 7) is 21.1. The van der Waals surface area contributed by atoms with Crippen LogP contribution in [-0.2, 0) is 59.9 Å². The van der Waals surface area contributed by atoms with Gasteiger partial charge < -0.3 is 58.9 Å². The summed E-state index contributed by atoms with van der Waals surface area (Å²) in [5.41, 5.74) is -1.16. The molecule has 0 bridgehead atoms. The minimum absolute atomic E-state index is 0. The Morgan fingerprint density at radius 3 is 0.656 bits per heavy atom. The minimum atomic E-state index is -1.15. The normalized spacial score (nSPS) is 14.1. The summed E-state index contributed by atoms with van der Waals surface area (Å²) in [4.78, 5) is 13.6.